The van der Waals surface area contributed by atoms with Crippen molar-refractivity contribution < 1.29 is 22.5 Å². The first kappa shape index (κ1) is 19.5. The van der Waals surface area contributed by atoms with E-state index < -0.39 is 10.0 Å². The Kier molecular flexibility index (Phi) is 4.78. The van der Waals surface area contributed by atoms with Crippen LogP contribution in [0.2, 0.25) is 0 Å². The second-order valence-electron chi connectivity index (χ2n) is 8.28. The highest BCUT2D eigenvalue weighted by atomic mass is 32.2. The molecule has 1 amide bonds. The molecule has 2 aromatic rings. The van der Waals surface area contributed by atoms with Crippen LogP contribution in [0.3, 0.4) is 0 Å². The second kappa shape index (κ2) is 7.35. The predicted octanol–water partition coefficient (Wildman–Crippen LogP) is 2.40. The number of benzene rings is 1. The summed E-state index contributed by atoms with van der Waals surface area (Å²) in [5.41, 5.74) is 1.07. The van der Waals surface area contributed by atoms with Crippen molar-refractivity contribution in [1.29, 1.82) is 0 Å². The van der Waals surface area contributed by atoms with Gasteiger partial charge >= 0.3 is 0 Å². The Labute approximate surface area is 174 Å². The van der Waals surface area contributed by atoms with Crippen LogP contribution in [0.25, 0.3) is 0 Å². The number of sulfonamides is 1. The SMILES string of the molecule is Cc1cc2c(cc1S(=O)(=O)NC1CCCC1)OCC(=O)N2Cc1noc(C2CC2)n1. The number of nitrogens with one attached hydrogen (secondary N) is 1. The number of carbonyl (C=O) groups excluding carboxylic acids is 1. The number of aryl methyl sites for hydroxylation is 1. The number of carbonyl (C=O) groups is 1. The molecular weight excluding hydrogens is 408 g/mol. The summed E-state index contributed by atoms with van der Waals surface area (Å²) in [5, 5.41) is 3.99. The summed E-state index contributed by atoms with van der Waals surface area (Å²) >= 11 is 0. The molecule has 2 saturated carbocycles. The topological polar surface area (TPSA) is 115 Å². The Bertz CT molecular complexity index is 1090. The van der Waals surface area contributed by atoms with Crippen molar-refractivity contribution >= 4 is 21.6 Å². The summed E-state index contributed by atoms with van der Waals surface area (Å²) in [6.07, 6.45) is 5.88. The van der Waals surface area contributed by atoms with E-state index in [0.717, 1.165) is 38.5 Å². The van der Waals surface area contributed by atoms with Crippen LogP contribution >= 0.6 is 0 Å². The lowest BCUT2D eigenvalue weighted by molar-refractivity contribution is -0.121. The molecule has 30 heavy (non-hydrogen) atoms. The standard InChI is InChI=1S/C20H24N4O5S/c1-12-8-15-16(9-17(12)30(26,27)23-14-4-2-3-5-14)28-11-19(25)24(15)10-18-21-20(29-22-18)13-6-7-13/h8-9,13-14,23H,2-7,10-11H2,1H3. The van der Waals surface area contributed by atoms with E-state index in [1.165, 1.54) is 11.0 Å². The summed E-state index contributed by atoms with van der Waals surface area (Å²) in [6.45, 7) is 1.70. The zero-order valence-corrected chi connectivity index (χ0v) is 17.6. The molecule has 0 radical (unpaired) electrons. The molecule has 0 saturated heterocycles. The van der Waals surface area contributed by atoms with Crippen LogP contribution in [0.1, 0.15) is 61.7 Å². The third-order valence-electron chi connectivity index (χ3n) is 5.88. The van der Waals surface area contributed by atoms with Gasteiger partial charge in [-0.05, 0) is 44.2 Å². The van der Waals surface area contributed by atoms with Crippen LogP contribution < -0.4 is 14.4 Å². The lowest BCUT2D eigenvalue weighted by Gasteiger charge is -2.29. The molecule has 2 aliphatic carbocycles. The molecule has 9 nitrogen and oxygen atoms in total. The van der Waals surface area contributed by atoms with E-state index in [9.17, 15) is 13.2 Å². The Balaban J connectivity index is 1.43. The second-order valence-corrected chi connectivity index (χ2v) is 9.96. The highest BCUT2D eigenvalue weighted by molar-refractivity contribution is 7.89. The van der Waals surface area contributed by atoms with E-state index in [0.29, 0.717) is 34.6 Å². The van der Waals surface area contributed by atoms with Crippen molar-refractivity contribution in [3.63, 3.8) is 0 Å². The van der Waals surface area contributed by atoms with Crippen molar-refractivity contribution in [3.8, 4) is 5.75 Å². The maximum Gasteiger partial charge on any atom is 0.265 e. The van der Waals surface area contributed by atoms with Gasteiger partial charge in [-0.1, -0.05) is 18.0 Å². The van der Waals surface area contributed by atoms with E-state index in [-0.39, 0.29) is 30.0 Å². The minimum atomic E-state index is -3.67. The molecule has 1 aromatic heterocycles. The summed E-state index contributed by atoms with van der Waals surface area (Å²) in [6, 6.07) is 3.16. The predicted molar refractivity (Wildman–Crippen MR) is 107 cm³/mol. The summed E-state index contributed by atoms with van der Waals surface area (Å²) in [5.74, 6) is 1.50. The average molecular weight is 433 g/mol. The fourth-order valence-electron chi connectivity index (χ4n) is 4.09. The molecule has 0 unspecified atom stereocenters. The molecule has 0 bridgehead atoms. The Hall–Kier alpha value is -2.46. The minimum Gasteiger partial charge on any atom is -0.482 e. The smallest absolute Gasteiger partial charge is 0.265 e. The molecule has 0 spiro atoms. The van der Waals surface area contributed by atoms with Gasteiger partial charge in [0, 0.05) is 18.0 Å². The van der Waals surface area contributed by atoms with Gasteiger partial charge in [-0.2, -0.15) is 4.98 Å². The number of ether oxygens (including phenoxy) is 1. The number of nitrogens with zero attached hydrogens (tertiary/aromatic N) is 3. The highest BCUT2D eigenvalue weighted by Gasteiger charge is 2.33. The fraction of sp³-hybridized carbons (Fsp3) is 0.550. The molecule has 2 heterocycles. The van der Waals surface area contributed by atoms with Gasteiger partial charge in [0.1, 0.15) is 5.75 Å². The first-order chi connectivity index (χ1) is 14.4. The Morgan fingerprint density at radius 1 is 1.20 bits per heavy atom. The Morgan fingerprint density at radius 2 is 1.97 bits per heavy atom. The number of aromatic nitrogens is 2. The molecule has 0 atom stereocenters. The normalized spacial score (nSPS) is 19.8. The highest BCUT2D eigenvalue weighted by Crippen LogP contribution is 2.40. The van der Waals surface area contributed by atoms with Gasteiger partial charge in [0.15, 0.2) is 12.4 Å². The average Bonchev–Trinajstić information content (AvgIpc) is 3.23. The Morgan fingerprint density at radius 3 is 2.70 bits per heavy atom. The van der Waals surface area contributed by atoms with E-state index in [4.69, 9.17) is 9.26 Å². The minimum absolute atomic E-state index is 0.0247. The van der Waals surface area contributed by atoms with E-state index in [1.54, 1.807) is 13.0 Å². The first-order valence-corrected chi connectivity index (χ1v) is 11.8. The lowest BCUT2D eigenvalue weighted by Crippen LogP contribution is -2.39. The van der Waals surface area contributed by atoms with Crippen molar-refractivity contribution in [2.75, 3.05) is 11.5 Å². The third-order valence-corrected chi connectivity index (χ3v) is 7.54. The molecule has 1 N–H and O–H groups in total. The largest absolute Gasteiger partial charge is 0.482 e. The third kappa shape index (κ3) is 3.69. The molecule has 10 heteroatoms. The van der Waals surface area contributed by atoms with E-state index in [2.05, 4.69) is 14.9 Å². The summed E-state index contributed by atoms with van der Waals surface area (Å²) in [4.78, 5) is 18.6. The van der Waals surface area contributed by atoms with Gasteiger partial charge in [-0.25, -0.2) is 13.1 Å². The van der Waals surface area contributed by atoms with Crippen LogP contribution in [0.15, 0.2) is 21.6 Å². The van der Waals surface area contributed by atoms with Crippen LogP contribution in [-0.2, 0) is 21.4 Å². The zero-order chi connectivity index (χ0) is 20.9. The quantitative estimate of drug-likeness (QED) is 0.745. The van der Waals surface area contributed by atoms with Gasteiger partial charge < -0.3 is 9.26 Å². The molecule has 3 aliphatic rings. The van der Waals surface area contributed by atoms with Gasteiger partial charge in [0.25, 0.3) is 5.91 Å². The number of fused-ring (bicyclic) bond motifs is 1. The number of hydrogen-bond donors (Lipinski definition) is 1. The zero-order valence-electron chi connectivity index (χ0n) is 16.8. The first-order valence-electron chi connectivity index (χ1n) is 10.3. The maximum absolute atomic E-state index is 12.9. The van der Waals surface area contributed by atoms with Crippen molar-refractivity contribution in [2.45, 2.75) is 68.8 Å². The van der Waals surface area contributed by atoms with Gasteiger partial charge in [-0.15, -0.1) is 0 Å². The molecular formula is C20H24N4O5S. The summed E-state index contributed by atoms with van der Waals surface area (Å²) in [7, 11) is -3.67. The van der Waals surface area contributed by atoms with E-state index in [1.807, 2.05) is 0 Å². The van der Waals surface area contributed by atoms with Crippen molar-refractivity contribution in [2.24, 2.45) is 0 Å². The lowest BCUT2D eigenvalue weighted by atomic mass is 10.1. The number of amides is 1. The number of anilines is 1. The van der Waals surface area contributed by atoms with E-state index >= 15 is 0 Å². The maximum atomic E-state index is 12.9. The molecule has 2 fully saturated rings. The molecule has 160 valence electrons. The van der Waals surface area contributed by atoms with Crippen LogP contribution in [-0.4, -0.2) is 37.1 Å². The molecule has 5 rings (SSSR count). The van der Waals surface area contributed by atoms with Gasteiger partial charge in [0.05, 0.1) is 17.1 Å². The van der Waals surface area contributed by atoms with Crippen molar-refractivity contribution in [1.82, 2.24) is 14.9 Å². The number of rotatable bonds is 6. The van der Waals surface area contributed by atoms with Crippen LogP contribution in [0, 0.1) is 6.92 Å². The molecule has 1 aromatic carbocycles. The monoisotopic (exact) mass is 432 g/mol. The van der Waals surface area contributed by atoms with Crippen LogP contribution in [0.4, 0.5) is 5.69 Å². The van der Waals surface area contributed by atoms with Gasteiger partial charge in [-0.3, -0.25) is 9.69 Å². The van der Waals surface area contributed by atoms with Gasteiger partial charge in [0.2, 0.25) is 15.9 Å². The number of hydrogen-bond acceptors (Lipinski definition) is 7. The summed E-state index contributed by atoms with van der Waals surface area (Å²) < 4.78 is 39.5. The molecule has 1 aliphatic heterocycles. The van der Waals surface area contributed by atoms with Crippen LogP contribution in [0.5, 0.6) is 5.75 Å². The fourth-order valence-corrected chi connectivity index (χ4v) is 5.64. The van der Waals surface area contributed by atoms with Crippen molar-refractivity contribution in [3.05, 3.63) is 29.4 Å².